The smallest absolute Gasteiger partial charge is 0.338 e. The minimum absolute atomic E-state index is 0.217. The number of carbonyl (C=O) groups is 2. The summed E-state index contributed by atoms with van der Waals surface area (Å²) in [5.74, 6) is -0.583. The van der Waals surface area contributed by atoms with Crippen LogP contribution in [-0.4, -0.2) is 23.5 Å². The maximum Gasteiger partial charge on any atom is 0.338 e. The minimum atomic E-state index is -0.366. The lowest BCUT2D eigenvalue weighted by Gasteiger charge is -2.03. The molecule has 4 rings (SSSR count). The molecular formula is C21H16N2O3S. The molecule has 0 saturated carbocycles. The normalized spacial score (nSPS) is 10.9. The Morgan fingerprint density at radius 2 is 1.78 bits per heavy atom. The van der Waals surface area contributed by atoms with Crippen LogP contribution in [-0.2, 0) is 4.74 Å². The number of nitrogens with one attached hydrogen (secondary N) is 1. The van der Waals surface area contributed by atoms with Crippen LogP contribution in [0.3, 0.4) is 0 Å². The summed E-state index contributed by atoms with van der Waals surface area (Å²) >= 11 is 1.32. The molecule has 1 N–H and O–H groups in total. The Hall–Kier alpha value is -3.25. The van der Waals surface area contributed by atoms with Crippen LogP contribution < -0.4 is 5.32 Å². The van der Waals surface area contributed by atoms with Crippen LogP contribution in [0.15, 0.2) is 60.7 Å². The zero-order chi connectivity index (χ0) is 18.8. The Bertz CT molecular complexity index is 1170. The molecule has 0 fully saturated rings. The van der Waals surface area contributed by atoms with Crippen molar-refractivity contribution in [1.82, 2.24) is 4.98 Å². The van der Waals surface area contributed by atoms with Crippen molar-refractivity contribution in [2.75, 3.05) is 11.9 Å². The third-order valence-electron chi connectivity index (χ3n) is 4.13. The number of anilines is 1. The van der Waals surface area contributed by atoms with Gasteiger partial charge in [0.15, 0.2) is 5.13 Å². The van der Waals surface area contributed by atoms with Gasteiger partial charge < -0.3 is 4.74 Å². The first kappa shape index (κ1) is 17.2. The van der Waals surface area contributed by atoms with E-state index in [0.29, 0.717) is 22.9 Å². The van der Waals surface area contributed by atoms with Gasteiger partial charge in [0.25, 0.3) is 5.91 Å². The van der Waals surface area contributed by atoms with E-state index in [0.717, 1.165) is 21.0 Å². The first-order valence-electron chi connectivity index (χ1n) is 8.52. The molecular weight excluding hydrogens is 360 g/mol. The molecule has 1 heterocycles. The van der Waals surface area contributed by atoms with Gasteiger partial charge in [-0.3, -0.25) is 10.1 Å². The quantitative estimate of drug-likeness (QED) is 0.516. The van der Waals surface area contributed by atoms with E-state index < -0.39 is 0 Å². The lowest BCUT2D eigenvalue weighted by atomic mass is 10.1. The van der Waals surface area contributed by atoms with E-state index in [1.54, 1.807) is 31.2 Å². The predicted octanol–water partition coefficient (Wildman–Crippen LogP) is 4.88. The maximum atomic E-state index is 12.6. The van der Waals surface area contributed by atoms with Crippen molar-refractivity contribution < 1.29 is 14.3 Å². The number of rotatable bonds is 4. The predicted molar refractivity (Wildman–Crippen MR) is 107 cm³/mol. The van der Waals surface area contributed by atoms with E-state index in [9.17, 15) is 9.59 Å². The summed E-state index contributed by atoms with van der Waals surface area (Å²) in [6.45, 7) is 2.09. The maximum absolute atomic E-state index is 12.6. The summed E-state index contributed by atoms with van der Waals surface area (Å²) in [5, 5.41) is 5.42. The summed E-state index contributed by atoms with van der Waals surface area (Å²) in [6, 6.07) is 18.6. The number of amides is 1. The van der Waals surface area contributed by atoms with Crippen LogP contribution in [0.25, 0.3) is 21.0 Å². The Morgan fingerprint density at radius 3 is 2.59 bits per heavy atom. The minimum Gasteiger partial charge on any atom is -0.462 e. The number of benzene rings is 3. The molecule has 27 heavy (non-hydrogen) atoms. The number of ether oxygens (including phenoxy) is 1. The molecule has 0 saturated heterocycles. The fourth-order valence-corrected chi connectivity index (χ4v) is 3.72. The topological polar surface area (TPSA) is 68.3 Å². The Labute approximate surface area is 159 Å². The van der Waals surface area contributed by atoms with Crippen LogP contribution in [0.5, 0.6) is 0 Å². The zero-order valence-electron chi connectivity index (χ0n) is 14.6. The van der Waals surface area contributed by atoms with Crippen LogP contribution in [0, 0.1) is 0 Å². The summed E-state index contributed by atoms with van der Waals surface area (Å²) in [7, 11) is 0. The van der Waals surface area contributed by atoms with Gasteiger partial charge in [0, 0.05) is 5.56 Å². The molecule has 3 aromatic carbocycles. The van der Waals surface area contributed by atoms with Crippen molar-refractivity contribution in [3.05, 3.63) is 71.8 Å². The number of aromatic nitrogens is 1. The molecule has 0 aliphatic rings. The third-order valence-corrected chi connectivity index (χ3v) is 5.07. The molecule has 6 heteroatoms. The van der Waals surface area contributed by atoms with Crippen LogP contribution in [0.2, 0.25) is 0 Å². The average Bonchev–Trinajstić information content (AvgIpc) is 3.09. The molecule has 0 radical (unpaired) electrons. The van der Waals surface area contributed by atoms with Crippen LogP contribution in [0.4, 0.5) is 5.13 Å². The second kappa shape index (κ2) is 7.17. The number of fused-ring (bicyclic) bond motifs is 2. The van der Waals surface area contributed by atoms with Gasteiger partial charge in [0.1, 0.15) is 0 Å². The highest BCUT2D eigenvalue weighted by Crippen LogP contribution is 2.27. The number of carbonyl (C=O) groups excluding carboxylic acids is 2. The number of nitrogens with zero attached hydrogens (tertiary/aromatic N) is 1. The zero-order valence-corrected chi connectivity index (χ0v) is 15.4. The number of thiazole rings is 1. The molecule has 0 spiro atoms. The van der Waals surface area contributed by atoms with E-state index in [2.05, 4.69) is 10.3 Å². The van der Waals surface area contributed by atoms with E-state index >= 15 is 0 Å². The van der Waals surface area contributed by atoms with Gasteiger partial charge in [-0.25, -0.2) is 9.78 Å². The summed E-state index contributed by atoms with van der Waals surface area (Å²) in [6.07, 6.45) is 0. The Kier molecular flexibility index (Phi) is 4.56. The van der Waals surface area contributed by atoms with Gasteiger partial charge in [0.2, 0.25) is 0 Å². The lowest BCUT2D eigenvalue weighted by Crippen LogP contribution is -2.11. The van der Waals surface area contributed by atoms with Gasteiger partial charge in [0.05, 0.1) is 22.4 Å². The molecule has 134 valence electrons. The standard InChI is InChI=1S/C21H16N2O3S/c1-2-26-20(25)16-9-10-17-18(12-16)27-21(22-17)23-19(24)15-8-7-13-5-3-4-6-14(13)11-15/h3-12H,2H2,1H3,(H,22,23,24). The van der Waals surface area contributed by atoms with Gasteiger partial charge in [-0.15, -0.1) is 0 Å². The fraction of sp³-hybridized carbons (Fsp3) is 0.0952. The molecule has 4 aromatic rings. The fourth-order valence-electron chi connectivity index (χ4n) is 2.82. The second-order valence-electron chi connectivity index (χ2n) is 5.94. The summed E-state index contributed by atoms with van der Waals surface area (Å²) in [4.78, 5) is 28.9. The first-order valence-corrected chi connectivity index (χ1v) is 9.33. The van der Waals surface area contributed by atoms with Crippen molar-refractivity contribution >= 4 is 49.3 Å². The molecule has 1 amide bonds. The highest BCUT2D eigenvalue weighted by atomic mass is 32.1. The van der Waals surface area contributed by atoms with E-state index in [1.165, 1.54) is 11.3 Å². The number of hydrogen-bond acceptors (Lipinski definition) is 5. The first-order chi connectivity index (χ1) is 13.1. The molecule has 5 nitrogen and oxygen atoms in total. The SMILES string of the molecule is CCOC(=O)c1ccc2nc(NC(=O)c3ccc4ccccc4c3)sc2c1. The van der Waals surface area contributed by atoms with Crippen molar-refractivity contribution in [3.63, 3.8) is 0 Å². The largest absolute Gasteiger partial charge is 0.462 e. The van der Waals surface area contributed by atoms with Crippen molar-refractivity contribution in [1.29, 1.82) is 0 Å². The molecule has 0 aliphatic carbocycles. The van der Waals surface area contributed by atoms with Crippen molar-refractivity contribution in [2.45, 2.75) is 6.92 Å². The molecule has 1 aromatic heterocycles. The highest BCUT2D eigenvalue weighted by Gasteiger charge is 2.13. The molecule has 0 atom stereocenters. The van der Waals surface area contributed by atoms with Crippen LogP contribution in [0.1, 0.15) is 27.6 Å². The third kappa shape index (κ3) is 3.52. The molecule has 0 unspecified atom stereocenters. The van der Waals surface area contributed by atoms with E-state index in [1.807, 2.05) is 36.4 Å². The number of esters is 1. The Morgan fingerprint density at radius 1 is 1.00 bits per heavy atom. The number of hydrogen-bond donors (Lipinski definition) is 1. The second-order valence-corrected chi connectivity index (χ2v) is 6.97. The van der Waals surface area contributed by atoms with Gasteiger partial charge in [-0.2, -0.15) is 0 Å². The lowest BCUT2D eigenvalue weighted by molar-refractivity contribution is 0.0526. The highest BCUT2D eigenvalue weighted by molar-refractivity contribution is 7.22. The monoisotopic (exact) mass is 376 g/mol. The Balaban J connectivity index is 1.58. The van der Waals surface area contributed by atoms with Gasteiger partial charge in [-0.05, 0) is 48.0 Å². The van der Waals surface area contributed by atoms with E-state index in [-0.39, 0.29) is 11.9 Å². The average molecular weight is 376 g/mol. The van der Waals surface area contributed by atoms with Gasteiger partial charge >= 0.3 is 5.97 Å². The van der Waals surface area contributed by atoms with Crippen molar-refractivity contribution in [2.24, 2.45) is 0 Å². The summed E-state index contributed by atoms with van der Waals surface area (Å²) in [5.41, 5.74) is 1.77. The molecule has 0 bridgehead atoms. The van der Waals surface area contributed by atoms with E-state index in [4.69, 9.17) is 4.74 Å². The van der Waals surface area contributed by atoms with Crippen LogP contribution >= 0.6 is 11.3 Å². The summed E-state index contributed by atoms with van der Waals surface area (Å²) < 4.78 is 5.83. The van der Waals surface area contributed by atoms with Gasteiger partial charge in [-0.1, -0.05) is 41.7 Å². The molecule has 0 aliphatic heterocycles. The van der Waals surface area contributed by atoms with Crippen molar-refractivity contribution in [3.8, 4) is 0 Å².